The van der Waals surface area contributed by atoms with Crippen LogP contribution in [0.2, 0.25) is 0 Å². The molecule has 0 heterocycles. The van der Waals surface area contributed by atoms with Crippen molar-refractivity contribution in [3.8, 4) is 0 Å². The molecule has 72 valence electrons. The van der Waals surface area contributed by atoms with Crippen molar-refractivity contribution in [2.45, 2.75) is 19.4 Å². The van der Waals surface area contributed by atoms with Crippen LogP contribution in [0.15, 0.2) is 24.3 Å². The lowest BCUT2D eigenvalue weighted by atomic mass is 10.0. The van der Waals surface area contributed by atoms with Gasteiger partial charge in [0.2, 0.25) is 0 Å². The lowest BCUT2D eigenvalue weighted by molar-refractivity contribution is 0.184. The van der Waals surface area contributed by atoms with E-state index in [4.69, 9.17) is 9.84 Å². The minimum absolute atomic E-state index is 0.191. The quantitative estimate of drug-likeness (QED) is 0.767. The minimum atomic E-state index is 0.191. The zero-order valence-corrected chi connectivity index (χ0v) is 8.16. The molecule has 0 aromatic heterocycles. The Morgan fingerprint density at radius 3 is 2.85 bits per heavy atom. The van der Waals surface area contributed by atoms with Gasteiger partial charge in [0.25, 0.3) is 0 Å². The van der Waals surface area contributed by atoms with E-state index in [2.05, 4.69) is 6.07 Å². The number of benzene rings is 1. The fourth-order valence-corrected chi connectivity index (χ4v) is 1.26. The van der Waals surface area contributed by atoms with Crippen molar-refractivity contribution in [3.63, 3.8) is 0 Å². The van der Waals surface area contributed by atoms with Crippen molar-refractivity contribution in [2.75, 3.05) is 13.7 Å². The van der Waals surface area contributed by atoms with Gasteiger partial charge in [-0.05, 0) is 11.1 Å². The molecule has 0 aliphatic rings. The van der Waals surface area contributed by atoms with E-state index in [9.17, 15) is 0 Å². The van der Waals surface area contributed by atoms with Crippen molar-refractivity contribution < 1.29 is 9.84 Å². The molecule has 0 saturated heterocycles. The van der Waals surface area contributed by atoms with E-state index in [0.717, 1.165) is 11.1 Å². The van der Waals surface area contributed by atoms with Gasteiger partial charge in [0.1, 0.15) is 0 Å². The van der Waals surface area contributed by atoms with Gasteiger partial charge in [-0.2, -0.15) is 0 Å². The molecule has 0 radical (unpaired) electrons. The predicted molar refractivity (Wildman–Crippen MR) is 52.7 cm³/mol. The molecule has 0 amide bonds. The second kappa shape index (κ2) is 5.00. The van der Waals surface area contributed by atoms with Crippen LogP contribution >= 0.6 is 0 Å². The Balaban J connectivity index is 2.78. The molecule has 0 bridgehead atoms. The third-order valence-corrected chi connectivity index (χ3v) is 2.10. The Hall–Kier alpha value is -0.860. The first-order valence-electron chi connectivity index (χ1n) is 4.46. The van der Waals surface area contributed by atoms with E-state index < -0.39 is 0 Å². The lowest BCUT2D eigenvalue weighted by Crippen LogP contribution is -1.99. The summed E-state index contributed by atoms with van der Waals surface area (Å²) in [5, 5.41) is 8.98. The minimum Gasteiger partial charge on any atom is -0.396 e. The number of methoxy groups -OCH3 is 1. The fourth-order valence-electron chi connectivity index (χ4n) is 1.26. The lowest BCUT2D eigenvalue weighted by Gasteiger charge is -2.09. The van der Waals surface area contributed by atoms with Gasteiger partial charge in [-0.15, -0.1) is 0 Å². The maximum atomic E-state index is 8.98. The zero-order valence-electron chi connectivity index (χ0n) is 8.16. The second-order valence-corrected chi connectivity index (χ2v) is 3.26. The van der Waals surface area contributed by atoms with Gasteiger partial charge in [-0.3, -0.25) is 0 Å². The van der Waals surface area contributed by atoms with E-state index in [1.165, 1.54) is 0 Å². The average Bonchev–Trinajstić information content (AvgIpc) is 2.18. The molecular formula is C11H16O2. The summed E-state index contributed by atoms with van der Waals surface area (Å²) in [5.41, 5.74) is 2.32. The van der Waals surface area contributed by atoms with E-state index in [1.54, 1.807) is 7.11 Å². The maximum absolute atomic E-state index is 8.98. The van der Waals surface area contributed by atoms with Crippen LogP contribution in [0.5, 0.6) is 0 Å². The van der Waals surface area contributed by atoms with E-state index in [-0.39, 0.29) is 12.5 Å². The van der Waals surface area contributed by atoms with Gasteiger partial charge in [0.05, 0.1) is 6.61 Å². The first-order valence-corrected chi connectivity index (χ1v) is 4.46. The van der Waals surface area contributed by atoms with Crippen LogP contribution < -0.4 is 0 Å². The molecule has 0 aliphatic carbocycles. The summed E-state index contributed by atoms with van der Waals surface area (Å²) < 4.78 is 5.03. The predicted octanol–water partition coefficient (Wildman–Crippen LogP) is 1.93. The van der Waals surface area contributed by atoms with E-state index in [0.29, 0.717) is 6.61 Å². The molecule has 1 N–H and O–H groups in total. The monoisotopic (exact) mass is 180 g/mol. The highest BCUT2D eigenvalue weighted by Gasteiger charge is 2.03. The zero-order chi connectivity index (χ0) is 9.68. The van der Waals surface area contributed by atoms with E-state index in [1.807, 2.05) is 25.1 Å². The van der Waals surface area contributed by atoms with Gasteiger partial charge in [-0.25, -0.2) is 0 Å². The number of rotatable bonds is 4. The molecule has 1 rings (SSSR count). The van der Waals surface area contributed by atoms with Crippen LogP contribution in [-0.2, 0) is 11.3 Å². The highest BCUT2D eigenvalue weighted by atomic mass is 16.5. The van der Waals surface area contributed by atoms with Crippen LogP contribution in [0.25, 0.3) is 0 Å². The molecule has 0 spiro atoms. The Labute approximate surface area is 79.2 Å². The molecule has 2 nitrogen and oxygen atoms in total. The normalized spacial score (nSPS) is 12.8. The summed E-state index contributed by atoms with van der Waals surface area (Å²) in [4.78, 5) is 0. The first-order chi connectivity index (χ1) is 6.27. The van der Waals surface area contributed by atoms with Gasteiger partial charge in [-0.1, -0.05) is 31.2 Å². The molecule has 13 heavy (non-hydrogen) atoms. The van der Waals surface area contributed by atoms with Crippen LogP contribution in [0.1, 0.15) is 24.0 Å². The Morgan fingerprint density at radius 1 is 1.46 bits per heavy atom. The molecule has 2 heteroatoms. The van der Waals surface area contributed by atoms with Gasteiger partial charge in [0.15, 0.2) is 0 Å². The smallest absolute Gasteiger partial charge is 0.0713 e. The molecule has 1 unspecified atom stereocenters. The van der Waals surface area contributed by atoms with E-state index >= 15 is 0 Å². The molecular weight excluding hydrogens is 164 g/mol. The number of ether oxygens (including phenoxy) is 1. The topological polar surface area (TPSA) is 29.5 Å². The van der Waals surface area contributed by atoms with Crippen molar-refractivity contribution in [1.82, 2.24) is 0 Å². The molecule has 0 fully saturated rings. The number of aliphatic hydroxyl groups excluding tert-OH is 1. The van der Waals surface area contributed by atoms with Gasteiger partial charge in [0, 0.05) is 19.6 Å². The standard InChI is InChI=1S/C11H16O2/c1-9(7-12)11-5-3-4-10(6-11)8-13-2/h3-6,9,12H,7-8H2,1-2H3. The highest BCUT2D eigenvalue weighted by Crippen LogP contribution is 2.16. The highest BCUT2D eigenvalue weighted by molar-refractivity contribution is 5.25. The van der Waals surface area contributed by atoms with Crippen molar-refractivity contribution in [1.29, 1.82) is 0 Å². The van der Waals surface area contributed by atoms with Crippen molar-refractivity contribution in [2.24, 2.45) is 0 Å². The SMILES string of the molecule is COCc1cccc(C(C)CO)c1. The Morgan fingerprint density at radius 2 is 2.23 bits per heavy atom. The molecule has 0 aliphatic heterocycles. The summed E-state index contributed by atoms with van der Waals surface area (Å²) in [5.74, 6) is 0.205. The van der Waals surface area contributed by atoms with Crippen LogP contribution in [-0.4, -0.2) is 18.8 Å². The number of hydrogen-bond donors (Lipinski definition) is 1. The number of aliphatic hydroxyl groups is 1. The molecule has 1 aromatic carbocycles. The molecule has 1 atom stereocenters. The summed E-state index contributed by atoms with van der Waals surface area (Å²) in [7, 11) is 1.68. The maximum Gasteiger partial charge on any atom is 0.0713 e. The molecule has 0 saturated carbocycles. The summed E-state index contributed by atoms with van der Waals surface area (Å²) >= 11 is 0. The third kappa shape index (κ3) is 2.83. The second-order valence-electron chi connectivity index (χ2n) is 3.26. The summed E-state index contributed by atoms with van der Waals surface area (Å²) in [6, 6.07) is 8.12. The fraction of sp³-hybridized carbons (Fsp3) is 0.455. The van der Waals surface area contributed by atoms with Crippen molar-refractivity contribution >= 4 is 0 Å². The average molecular weight is 180 g/mol. The van der Waals surface area contributed by atoms with Crippen LogP contribution in [0, 0.1) is 0 Å². The Kier molecular flexibility index (Phi) is 3.93. The summed E-state index contributed by atoms with van der Waals surface area (Å²) in [6.07, 6.45) is 0. The Bertz CT molecular complexity index is 258. The summed E-state index contributed by atoms with van der Waals surface area (Å²) in [6.45, 7) is 2.83. The third-order valence-electron chi connectivity index (χ3n) is 2.10. The van der Waals surface area contributed by atoms with Crippen LogP contribution in [0.4, 0.5) is 0 Å². The van der Waals surface area contributed by atoms with Gasteiger partial charge >= 0.3 is 0 Å². The van der Waals surface area contributed by atoms with Crippen LogP contribution in [0.3, 0.4) is 0 Å². The largest absolute Gasteiger partial charge is 0.396 e. The van der Waals surface area contributed by atoms with Gasteiger partial charge < -0.3 is 9.84 Å². The number of hydrogen-bond acceptors (Lipinski definition) is 2. The first kappa shape index (κ1) is 10.2. The van der Waals surface area contributed by atoms with Crippen molar-refractivity contribution in [3.05, 3.63) is 35.4 Å². The molecule has 1 aromatic rings.